The molecule has 1 heterocycles. The molecule has 0 bridgehead atoms. The summed E-state index contributed by atoms with van der Waals surface area (Å²) >= 11 is 0.769. The molecule has 0 spiro atoms. The molecule has 0 fully saturated rings. The molecular formula is C28H36N6O4S. The first kappa shape index (κ1) is 29.4. The fraction of sp³-hybridized carbons (Fsp3) is 0.357. The largest absolute Gasteiger partial charge is 0.494 e. The van der Waals surface area contributed by atoms with Crippen molar-refractivity contribution < 1.29 is 19.1 Å². The van der Waals surface area contributed by atoms with E-state index in [-0.39, 0.29) is 22.2 Å². The van der Waals surface area contributed by atoms with Crippen LogP contribution in [0.4, 0.5) is 17.1 Å². The summed E-state index contributed by atoms with van der Waals surface area (Å²) in [5, 5.41) is 2.99. The molecule has 5 N–H and O–H groups in total. The van der Waals surface area contributed by atoms with Crippen LogP contribution in [-0.2, 0) is 4.79 Å². The zero-order chi connectivity index (χ0) is 28.7. The summed E-state index contributed by atoms with van der Waals surface area (Å²) < 4.78 is 9.57. The summed E-state index contributed by atoms with van der Waals surface area (Å²) in [7, 11) is 3.84. The zero-order valence-corrected chi connectivity index (χ0v) is 23.7. The van der Waals surface area contributed by atoms with Gasteiger partial charge in [0.25, 0.3) is 11.8 Å². The van der Waals surface area contributed by atoms with E-state index in [1.165, 1.54) is 4.90 Å². The van der Waals surface area contributed by atoms with Crippen LogP contribution in [0.3, 0.4) is 0 Å². The zero-order valence-electron chi connectivity index (χ0n) is 22.9. The van der Waals surface area contributed by atoms with E-state index in [9.17, 15) is 14.4 Å². The molecule has 208 valence electrons. The lowest BCUT2D eigenvalue weighted by Crippen LogP contribution is -2.44. The molecule has 0 saturated heterocycles. The normalized spacial score (nSPS) is 11.6. The van der Waals surface area contributed by atoms with Crippen LogP contribution in [0.25, 0.3) is 0 Å². The second-order valence-corrected chi connectivity index (χ2v) is 10.4. The van der Waals surface area contributed by atoms with Crippen LogP contribution in [0.2, 0.25) is 0 Å². The van der Waals surface area contributed by atoms with Crippen molar-refractivity contribution in [1.82, 2.24) is 9.69 Å². The van der Waals surface area contributed by atoms with Crippen molar-refractivity contribution in [3.63, 3.8) is 0 Å². The number of nitrogen functional groups attached to an aromatic ring is 1. The van der Waals surface area contributed by atoms with Gasteiger partial charge < -0.3 is 26.4 Å². The van der Waals surface area contributed by atoms with E-state index in [1.54, 1.807) is 24.3 Å². The highest BCUT2D eigenvalue weighted by Gasteiger charge is 2.36. The number of nitrogens with zero attached hydrogens (tertiary/aromatic N) is 3. The Labute approximate surface area is 233 Å². The molecule has 3 amide bonds. The maximum Gasteiger partial charge on any atom is 0.273 e. The van der Waals surface area contributed by atoms with Crippen LogP contribution in [0.5, 0.6) is 5.75 Å². The van der Waals surface area contributed by atoms with Crippen LogP contribution >= 0.6 is 11.5 Å². The Morgan fingerprint density at radius 2 is 1.64 bits per heavy atom. The van der Waals surface area contributed by atoms with Gasteiger partial charge in [0.1, 0.15) is 16.7 Å². The first-order valence-corrected chi connectivity index (χ1v) is 13.5. The lowest BCUT2D eigenvalue weighted by molar-refractivity contribution is -0.122. The molecule has 1 atom stereocenters. The Morgan fingerprint density at radius 3 is 2.15 bits per heavy atom. The monoisotopic (exact) mass is 552 g/mol. The Kier molecular flexibility index (Phi) is 9.89. The average Bonchev–Trinajstić information content (AvgIpc) is 3.29. The van der Waals surface area contributed by atoms with Gasteiger partial charge in [0.15, 0.2) is 5.69 Å². The minimum absolute atomic E-state index is 0.0163. The number of nitrogens with one attached hydrogen (secondary N) is 1. The highest BCUT2D eigenvalue weighted by atomic mass is 32.1. The quantitative estimate of drug-likeness (QED) is 0.310. The molecule has 11 heteroatoms. The lowest BCUT2D eigenvalue weighted by atomic mass is 10.0. The molecule has 0 aliphatic heterocycles. The smallest absolute Gasteiger partial charge is 0.273 e. The topological polar surface area (TPSA) is 144 Å². The van der Waals surface area contributed by atoms with Gasteiger partial charge in [-0.1, -0.05) is 26.0 Å². The van der Waals surface area contributed by atoms with Gasteiger partial charge in [0.2, 0.25) is 5.91 Å². The van der Waals surface area contributed by atoms with E-state index in [4.69, 9.17) is 16.2 Å². The Bertz CT molecular complexity index is 1290. The fourth-order valence-electron chi connectivity index (χ4n) is 3.94. The average molecular weight is 553 g/mol. The van der Waals surface area contributed by atoms with Gasteiger partial charge in [-0.3, -0.25) is 19.3 Å². The predicted octanol–water partition coefficient (Wildman–Crippen LogP) is 3.84. The van der Waals surface area contributed by atoms with Gasteiger partial charge in [0, 0.05) is 32.0 Å². The number of ether oxygens (including phenoxy) is 1. The van der Waals surface area contributed by atoms with Gasteiger partial charge in [-0.25, -0.2) is 0 Å². The highest BCUT2D eigenvalue weighted by molar-refractivity contribution is 7.09. The number of carbonyl (C=O) groups excluding carboxylic acids is 3. The first-order valence-electron chi connectivity index (χ1n) is 12.7. The van der Waals surface area contributed by atoms with Crippen molar-refractivity contribution in [2.45, 2.75) is 33.2 Å². The minimum Gasteiger partial charge on any atom is -0.494 e. The molecule has 1 unspecified atom stereocenters. The number of carbonyl (C=O) groups is 3. The van der Waals surface area contributed by atoms with E-state index in [0.717, 1.165) is 23.6 Å². The number of amides is 3. The van der Waals surface area contributed by atoms with E-state index < -0.39 is 17.9 Å². The number of hydrogen-bond donors (Lipinski definition) is 3. The Balaban J connectivity index is 2.17. The summed E-state index contributed by atoms with van der Waals surface area (Å²) in [6.45, 7) is 6.95. The summed E-state index contributed by atoms with van der Waals surface area (Å²) in [5.74, 6) is -0.764. The van der Waals surface area contributed by atoms with Crippen LogP contribution in [0, 0.1) is 5.92 Å². The van der Waals surface area contributed by atoms with Crippen molar-refractivity contribution in [2.75, 3.05) is 42.8 Å². The van der Waals surface area contributed by atoms with Crippen LogP contribution in [0.1, 0.15) is 59.0 Å². The molecule has 0 radical (unpaired) electrons. The van der Waals surface area contributed by atoms with Crippen molar-refractivity contribution in [3.05, 3.63) is 64.7 Å². The number of rotatable bonds is 12. The lowest BCUT2D eigenvalue weighted by Gasteiger charge is -2.31. The third-order valence-corrected chi connectivity index (χ3v) is 6.90. The predicted molar refractivity (Wildman–Crippen MR) is 155 cm³/mol. The summed E-state index contributed by atoms with van der Waals surface area (Å²) in [6.07, 6.45) is 0.777. The summed E-state index contributed by atoms with van der Waals surface area (Å²) in [5.41, 5.74) is 13.2. The summed E-state index contributed by atoms with van der Waals surface area (Å²) in [4.78, 5) is 43.1. The second-order valence-electron chi connectivity index (χ2n) is 9.60. The van der Waals surface area contributed by atoms with Crippen LogP contribution < -0.4 is 31.3 Å². The van der Waals surface area contributed by atoms with Crippen molar-refractivity contribution in [1.29, 1.82) is 0 Å². The third-order valence-electron chi connectivity index (χ3n) is 6.05. The number of anilines is 3. The van der Waals surface area contributed by atoms with Crippen LogP contribution in [0.15, 0.2) is 48.5 Å². The summed E-state index contributed by atoms with van der Waals surface area (Å²) in [6, 6.07) is 13.2. The minimum atomic E-state index is -1.04. The maximum absolute atomic E-state index is 14.1. The molecule has 3 rings (SSSR count). The number of hydrogen-bond acceptors (Lipinski definition) is 8. The SMILES string of the molecule is CCOc1ccc(N(C(=O)c2snc(C(N)=O)c2N)C(C(=O)NCCC(C)C)c2ccc(N(C)C)cc2)cc1. The number of nitrogens with two attached hydrogens (primary N) is 2. The van der Waals surface area contributed by atoms with Gasteiger partial charge >= 0.3 is 0 Å². The van der Waals surface area contributed by atoms with Gasteiger partial charge in [-0.05, 0) is 72.8 Å². The van der Waals surface area contributed by atoms with E-state index >= 15 is 0 Å². The third kappa shape index (κ3) is 7.05. The van der Waals surface area contributed by atoms with Gasteiger partial charge in [0.05, 0.1) is 12.3 Å². The first-order chi connectivity index (χ1) is 18.5. The van der Waals surface area contributed by atoms with Crippen LogP contribution in [-0.4, -0.2) is 49.3 Å². The van der Waals surface area contributed by atoms with Gasteiger partial charge in [-0.2, -0.15) is 4.37 Å². The molecule has 0 aliphatic carbocycles. The number of primary amides is 1. The highest BCUT2D eigenvalue weighted by Crippen LogP contribution is 2.34. The van der Waals surface area contributed by atoms with Crippen molar-refractivity contribution in [2.24, 2.45) is 11.7 Å². The Hall–Kier alpha value is -4.12. The van der Waals surface area contributed by atoms with E-state index in [2.05, 4.69) is 23.5 Å². The number of benzene rings is 2. The molecule has 0 aliphatic rings. The second kappa shape index (κ2) is 13.1. The molecule has 39 heavy (non-hydrogen) atoms. The number of aromatic nitrogens is 1. The van der Waals surface area contributed by atoms with Gasteiger partial charge in [-0.15, -0.1) is 0 Å². The molecular weight excluding hydrogens is 516 g/mol. The maximum atomic E-state index is 14.1. The Morgan fingerprint density at radius 1 is 1.03 bits per heavy atom. The molecule has 10 nitrogen and oxygen atoms in total. The van der Waals surface area contributed by atoms with Crippen molar-refractivity contribution >= 4 is 46.3 Å². The molecule has 3 aromatic rings. The van der Waals surface area contributed by atoms with E-state index in [0.29, 0.717) is 36.1 Å². The molecule has 1 aromatic heterocycles. The van der Waals surface area contributed by atoms with Crippen molar-refractivity contribution in [3.8, 4) is 5.75 Å². The molecule has 0 saturated carbocycles. The standard InChI is InChI=1S/C28H36N6O4S/c1-6-38-21-13-11-20(12-14-21)34(28(37)25-22(29)23(26(30)35)32-39-25)24(27(36)31-16-15-17(2)3)18-7-9-19(10-8-18)33(4)5/h7-14,17,24H,6,15-16,29H2,1-5H3,(H2,30,35)(H,31,36). The van der Waals surface area contributed by atoms with E-state index in [1.807, 2.05) is 50.2 Å². The molecule has 2 aromatic carbocycles. The fourth-order valence-corrected chi connectivity index (χ4v) is 4.69.